The third-order valence-electron chi connectivity index (χ3n) is 5.37. The number of amides is 1. The molecule has 0 saturated heterocycles. The number of hydrogen-bond acceptors (Lipinski definition) is 6. The van der Waals surface area contributed by atoms with Crippen LogP contribution in [0.1, 0.15) is 11.3 Å². The maximum absolute atomic E-state index is 13.6. The minimum atomic E-state index is -0.345. The zero-order valence-corrected chi connectivity index (χ0v) is 16.8. The van der Waals surface area contributed by atoms with Gasteiger partial charge < -0.3 is 23.6 Å². The molecular formula is C23H21FN2O5. The van der Waals surface area contributed by atoms with Gasteiger partial charge in [0.05, 0.1) is 13.2 Å². The lowest BCUT2D eigenvalue weighted by Gasteiger charge is -2.28. The summed E-state index contributed by atoms with van der Waals surface area (Å²) in [5.41, 5.74) is 2.01. The third-order valence-corrected chi connectivity index (χ3v) is 5.37. The fourth-order valence-corrected chi connectivity index (χ4v) is 3.80. The number of aromatic nitrogens is 1. The van der Waals surface area contributed by atoms with Gasteiger partial charge in [0, 0.05) is 24.1 Å². The normalized spacial score (nSPS) is 17.3. The predicted molar refractivity (Wildman–Crippen MR) is 108 cm³/mol. The Hall–Kier alpha value is -3.39. The molecular weight excluding hydrogens is 403 g/mol. The Morgan fingerprint density at radius 3 is 2.94 bits per heavy atom. The van der Waals surface area contributed by atoms with Crippen LogP contribution in [0.3, 0.4) is 0 Å². The maximum atomic E-state index is 13.6. The topological polar surface area (TPSA) is 74.0 Å². The van der Waals surface area contributed by atoms with Gasteiger partial charge >= 0.3 is 0 Å². The van der Waals surface area contributed by atoms with Crippen molar-refractivity contribution >= 4 is 5.91 Å². The summed E-state index contributed by atoms with van der Waals surface area (Å²) < 4.78 is 36.2. The molecule has 2 aliphatic heterocycles. The summed E-state index contributed by atoms with van der Waals surface area (Å²) in [6, 6.07) is 13.6. The zero-order valence-electron chi connectivity index (χ0n) is 16.8. The van der Waals surface area contributed by atoms with E-state index in [-0.39, 0.29) is 31.0 Å². The second-order valence-corrected chi connectivity index (χ2v) is 7.52. The second kappa shape index (κ2) is 8.39. The van der Waals surface area contributed by atoms with E-state index < -0.39 is 0 Å². The summed E-state index contributed by atoms with van der Waals surface area (Å²) in [6.07, 6.45) is 0.285. The molecule has 1 amide bonds. The van der Waals surface area contributed by atoms with Crippen LogP contribution in [0, 0.1) is 5.82 Å². The fraction of sp³-hybridized carbons (Fsp3) is 0.304. The maximum Gasteiger partial charge on any atom is 0.248 e. The Morgan fingerprint density at radius 2 is 2.06 bits per heavy atom. The Kier molecular flexibility index (Phi) is 5.30. The molecule has 2 aliphatic rings. The van der Waals surface area contributed by atoms with E-state index in [2.05, 4.69) is 5.16 Å². The van der Waals surface area contributed by atoms with Gasteiger partial charge in [-0.1, -0.05) is 29.4 Å². The molecule has 0 unspecified atom stereocenters. The van der Waals surface area contributed by atoms with E-state index >= 15 is 0 Å². The average Bonchev–Trinajstić information content (AvgIpc) is 3.22. The molecule has 0 saturated carbocycles. The monoisotopic (exact) mass is 424 g/mol. The summed E-state index contributed by atoms with van der Waals surface area (Å²) in [5.74, 6) is 1.64. The molecule has 0 bridgehead atoms. The lowest BCUT2D eigenvalue weighted by atomic mass is 10.0. The first-order chi connectivity index (χ1) is 15.2. The van der Waals surface area contributed by atoms with Gasteiger partial charge in [-0.15, -0.1) is 0 Å². The van der Waals surface area contributed by atoms with Crippen LogP contribution in [-0.2, 0) is 22.5 Å². The predicted octanol–water partition coefficient (Wildman–Crippen LogP) is 3.22. The highest BCUT2D eigenvalue weighted by atomic mass is 19.1. The van der Waals surface area contributed by atoms with Gasteiger partial charge in [-0.05, 0) is 24.3 Å². The van der Waals surface area contributed by atoms with Crippen LogP contribution >= 0.6 is 0 Å². The van der Waals surface area contributed by atoms with Gasteiger partial charge in [0.15, 0.2) is 17.6 Å². The lowest BCUT2D eigenvalue weighted by molar-refractivity contribution is -0.138. The first-order valence-corrected chi connectivity index (χ1v) is 10.1. The van der Waals surface area contributed by atoms with Crippen molar-refractivity contribution in [3.8, 4) is 22.8 Å². The van der Waals surface area contributed by atoms with Crippen LogP contribution in [0.15, 0.2) is 53.1 Å². The van der Waals surface area contributed by atoms with E-state index in [9.17, 15) is 9.18 Å². The van der Waals surface area contributed by atoms with E-state index in [0.717, 1.165) is 11.3 Å². The standard InChI is InChI=1S/C23H21FN2O5/c24-16-5-3-4-15(10-16)23-18-11-26(9-8-19(18)31-25-23)22(27)14-28-12-17-13-29-20-6-1-2-7-21(20)30-17/h1-7,10,17H,8-9,11-14H2/t17-/m0/s1. The highest BCUT2D eigenvalue weighted by Gasteiger charge is 2.28. The quantitative estimate of drug-likeness (QED) is 0.626. The highest BCUT2D eigenvalue weighted by Crippen LogP contribution is 2.31. The van der Waals surface area contributed by atoms with E-state index in [1.54, 1.807) is 17.0 Å². The number of nitrogens with zero attached hydrogens (tertiary/aromatic N) is 2. The summed E-state index contributed by atoms with van der Waals surface area (Å²) in [4.78, 5) is 14.4. The summed E-state index contributed by atoms with van der Waals surface area (Å²) >= 11 is 0. The molecule has 7 nitrogen and oxygen atoms in total. The Labute approximate surface area is 178 Å². The van der Waals surface area contributed by atoms with Crippen molar-refractivity contribution in [2.24, 2.45) is 0 Å². The zero-order chi connectivity index (χ0) is 21.2. The van der Waals surface area contributed by atoms with Gasteiger partial charge in [0.2, 0.25) is 5.91 Å². The number of ether oxygens (including phenoxy) is 3. The lowest BCUT2D eigenvalue weighted by Crippen LogP contribution is -2.39. The molecule has 0 aliphatic carbocycles. The molecule has 1 aromatic heterocycles. The Balaban J connectivity index is 1.17. The van der Waals surface area contributed by atoms with Gasteiger partial charge in [0.1, 0.15) is 30.5 Å². The molecule has 3 aromatic rings. The third kappa shape index (κ3) is 4.11. The van der Waals surface area contributed by atoms with Gasteiger partial charge in [-0.3, -0.25) is 4.79 Å². The van der Waals surface area contributed by atoms with Gasteiger partial charge in [-0.25, -0.2) is 4.39 Å². The number of fused-ring (bicyclic) bond motifs is 2. The number of carbonyl (C=O) groups is 1. The van der Waals surface area contributed by atoms with Gasteiger partial charge in [-0.2, -0.15) is 0 Å². The summed E-state index contributed by atoms with van der Waals surface area (Å²) in [7, 11) is 0. The minimum absolute atomic E-state index is 0.0581. The van der Waals surface area contributed by atoms with Crippen molar-refractivity contribution in [2.45, 2.75) is 19.1 Å². The average molecular weight is 424 g/mol. The molecule has 5 rings (SSSR count). The number of hydrogen-bond donors (Lipinski definition) is 0. The number of halogens is 1. The molecule has 160 valence electrons. The van der Waals surface area contributed by atoms with Crippen LogP contribution in [0.5, 0.6) is 11.5 Å². The molecule has 0 fully saturated rings. The van der Waals surface area contributed by atoms with Crippen molar-refractivity contribution in [1.82, 2.24) is 10.1 Å². The molecule has 2 aromatic carbocycles. The Morgan fingerprint density at radius 1 is 1.19 bits per heavy atom. The van der Waals surface area contributed by atoms with Crippen LogP contribution in [0.2, 0.25) is 0 Å². The van der Waals surface area contributed by atoms with E-state index in [4.69, 9.17) is 18.7 Å². The molecule has 8 heteroatoms. The van der Waals surface area contributed by atoms with Crippen LogP contribution in [0.4, 0.5) is 4.39 Å². The fourth-order valence-electron chi connectivity index (χ4n) is 3.80. The smallest absolute Gasteiger partial charge is 0.248 e. The summed E-state index contributed by atoms with van der Waals surface area (Å²) in [5, 5.41) is 4.10. The number of carbonyl (C=O) groups excluding carboxylic acids is 1. The summed E-state index contributed by atoms with van der Waals surface area (Å²) in [6.45, 7) is 1.43. The Bertz CT molecular complexity index is 1100. The van der Waals surface area contributed by atoms with Crippen LogP contribution in [0.25, 0.3) is 11.3 Å². The van der Waals surface area contributed by atoms with E-state index in [1.165, 1.54) is 12.1 Å². The number of para-hydroxylation sites is 2. The minimum Gasteiger partial charge on any atom is -0.486 e. The van der Waals surface area contributed by atoms with Crippen LogP contribution in [-0.4, -0.2) is 48.4 Å². The first-order valence-electron chi connectivity index (χ1n) is 10.1. The molecule has 31 heavy (non-hydrogen) atoms. The van der Waals surface area contributed by atoms with Crippen molar-refractivity contribution in [3.05, 3.63) is 65.7 Å². The molecule has 0 spiro atoms. The van der Waals surface area contributed by atoms with Crippen molar-refractivity contribution in [2.75, 3.05) is 26.4 Å². The van der Waals surface area contributed by atoms with Crippen LogP contribution < -0.4 is 9.47 Å². The number of benzene rings is 2. The van der Waals surface area contributed by atoms with Crippen molar-refractivity contribution in [1.29, 1.82) is 0 Å². The molecule has 3 heterocycles. The van der Waals surface area contributed by atoms with E-state index in [0.29, 0.717) is 48.9 Å². The first kappa shape index (κ1) is 19.6. The number of rotatable bonds is 5. The molecule has 0 N–H and O–H groups in total. The van der Waals surface area contributed by atoms with Crippen molar-refractivity contribution in [3.63, 3.8) is 0 Å². The largest absolute Gasteiger partial charge is 0.486 e. The van der Waals surface area contributed by atoms with Gasteiger partial charge in [0.25, 0.3) is 0 Å². The second-order valence-electron chi connectivity index (χ2n) is 7.52. The van der Waals surface area contributed by atoms with E-state index in [1.807, 2.05) is 24.3 Å². The molecule has 0 radical (unpaired) electrons. The molecule has 1 atom stereocenters. The SMILES string of the molecule is O=C(COC[C@H]1COc2ccccc2O1)N1CCc2onc(-c3cccc(F)c3)c2C1. The highest BCUT2D eigenvalue weighted by molar-refractivity contribution is 5.78. The van der Waals surface area contributed by atoms with Crippen molar-refractivity contribution < 1.29 is 27.9 Å².